The zero-order valence-corrected chi connectivity index (χ0v) is 8.59. The molecule has 0 bridgehead atoms. The molecular weight excluding hydrogens is 183 g/mol. The number of carbonyl (C=O) groups excluding carboxylic acids is 1. The first-order valence-corrected chi connectivity index (χ1v) is 4.56. The first-order chi connectivity index (χ1) is 6.55. The van der Waals surface area contributed by atoms with Crippen molar-refractivity contribution in [1.82, 2.24) is 4.90 Å². The molecule has 0 N–H and O–H groups in total. The molecule has 3 nitrogen and oxygen atoms in total. The van der Waals surface area contributed by atoms with Crippen LogP contribution in [0.3, 0.4) is 0 Å². The fraction of sp³-hybridized carbons (Fsp3) is 0.600. The van der Waals surface area contributed by atoms with Crippen LogP contribution in [-0.4, -0.2) is 29.6 Å². The van der Waals surface area contributed by atoms with Gasteiger partial charge in [0, 0.05) is 19.5 Å². The van der Waals surface area contributed by atoms with Crippen molar-refractivity contribution >= 4 is 5.91 Å². The molecule has 0 aromatic carbocycles. The van der Waals surface area contributed by atoms with Crippen molar-refractivity contribution in [3.05, 3.63) is 12.7 Å². The lowest BCUT2D eigenvalue weighted by molar-refractivity contribution is -0.139. The minimum absolute atomic E-state index is 0.265. The summed E-state index contributed by atoms with van der Waals surface area (Å²) in [7, 11) is 0. The molecule has 14 heavy (non-hydrogen) atoms. The van der Waals surface area contributed by atoms with Crippen LogP contribution in [0, 0.1) is 11.3 Å². The van der Waals surface area contributed by atoms with Crippen LogP contribution in [-0.2, 0) is 4.79 Å². The van der Waals surface area contributed by atoms with Gasteiger partial charge in [-0.3, -0.25) is 4.79 Å². The number of halogens is 1. The molecule has 4 heteroatoms. The fourth-order valence-electron chi connectivity index (χ4n) is 1.14. The summed E-state index contributed by atoms with van der Waals surface area (Å²) >= 11 is 0. The quantitative estimate of drug-likeness (QED) is 0.630. The third-order valence-electron chi connectivity index (χ3n) is 1.99. The average molecular weight is 198 g/mol. The van der Waals surface area contributed by atoms with Crippen molar-refractivity contribution in [1.29, 1.82) is 5.26 Å². The molecule has 0 saturated heterocycles. The molecule has 0 aliphatic carbocycles. The van der Waals surface area contributed by atoms with Gasteiger partial charge in [-0.05, 0) is 13.8 Å². The number of allylic oxidation sites excluding steroid dienone is 1. The number of amides is 1. The van der Waals surface area contributed by atoms with E-state index >= 15 is 0 Å². The number of alkyl halides is 1. The zero-order valence-electron chi connectivity index (χ0n) is 8.59. The predicted molar refractivity (Wildman–Crippen MR) is 52.2 cm³/mol. The van der Waals surface area contributed by atoms with E-state index in [0.29, 0.717) is 13.1 Å². The van der Waals surface area contributed by atoms with Crippen molar-refractivity contribution in [3.8, 4) is 6.07 Å². The minimum atomic E-state index is -2.45. The molecular formula is C10H15FN2O. The molecule has 1 amide bonds. The molecule has 78 valence electrons. The SMILES string of the molecule is C=CCC(F)(C#N)C(=O)N(CC)CC. The molecule has 1 unspecified atom stereocenters. The number of nitriles is 1. The second-order valence-electron chi connectivity index (χ2n) is 2.88. The highest BCUT2D eigenvalue weighted by Gasteiger charge is 2.40. The Morgan fingerprint density at radius 3 is 2.43 bits per heavy atom. The van der Waals surface area contributed by atoms with Crippen LogP contribution in [0.15, 0.2) is 12.7 Å². The van der Waals surface area contributed by atoms with Crippen LogP contribution < -0.4 is 0 Å². The third kappa shape index (κ3) is 2.56. The Hall–Kier alpha value is -1.37. The summed E-state index contributed by atoms with van der Waals surface area (Å²) in [4.78, 5) is 12.8. The summed E-state index contributed by atoms with van der Waals surface area (Å²) in [5.74, 6) is -0.773. The van der Waals surface area contributed by atoms with Gasteiger partial charge in [-0.2, -0.15) is 5.26 Å². The maximum absolute atomic E-state index is 13.7. The third-order valence-corrected chi connectivity index (χ3v) is 1.99. The van der Waals surface area contributed by atoms with Crippen LogP contribution >= 0.6 is 0 Å². The monoisotopic (exact) mass is 198 g/mol. The summed E-state index contributed by atoms with van der Waals surface area (Å²) < 4.78 is 13.7. The van der Waals surface area contributed by atoms with E-state index in [1.807, 2.05) is 0 Å². The van der Waals surface area contributed by atoms with Gasteiger partial charge < -0.3 is 4.90 Å². The minimum Gasteiger partial charge on any atom is -0.340 e. The van der Waals surface area contributed by atoms with Gasteiger partial charge in [-0.1, -0.05) is 6.08 Å². The largest absolute Gasteiger partial charge is 0.340 e. The standard InChI is InChI=1S/C10H15FN2O/c1-4-7-10(11,8-12)9(14)13(5-2)6-3/h4H,1,5-7H2,2-3H3. The molecule has 0 heterocycles. The fourth-order valence-corrected chi connectivity index (χ4v) is 1.14. The topological polar surface area (TPSA) is 44.1 Å². The van der Waals surface area contributed by atoms with Gasteiger partial charge in [0.1, 0.15) is 6.07 Å². The van der Waals surface area contributed by atoms with E-state index in [0.717, 1.165) is 0 Å². The van der Waals surface area contributed by atoms with Gasteiger partial charge in [0.05, 0.1) is 0 Å². The second kappa shape index (κ2) is 5.38. The maximum atomic E-state index is 13.7. The average Bonchev–Trinajstić information content (AvgIpc) is 2.19. The number of hydrogen-bond donors (Lipinski definition) is 0. The van der Waals surface area contributed by atoms with E-state index in [2.05, 4.69) is 6.58 Å². The van der Waals surface area contributed by atoms with Crippen molar-refractivity contribution < 1.29 is 9.18 Å². The van der Waals surface area contributed by atoms with E-state index in [1.165, 1.54) is 17.0 Å². The Labute approximate surface area is 83.8 Å². The second-order valence-corrected chi connectivity index (χ2v) is 2.88. The molecule has 1 atom stereocenters. The van der Waals surface area contributed by atoms with Gasteiger partial charge in [-0.25, -0.2) is 4.39 Å². The molecule has 0 aromatic heterocycles. The first-order valence-electron chi connectivity index (χ1n) is 4.56. The summed E-state index contributed by atoms with van der Waals surface area (Å²) in [5, 5.41) is 8.61. The number of nitrogens with zero attached hydrogens (tertiary/aromatic N) is 2. The van der Waals surface area contributed by atoms with Gasteiger partial charge in [-0.15, -0.1) is 6.58 Å². The maximum Gasteiger partial charge on any atom is 0.276 e. The molecule has 0 aliphatic heterocycles. The van der Waals surface area contributed by atoms with E-state index in [9.17, 15) is 9.18 Å². The Balaban J connectivity index is 4.77. The van der Waals surface area contributed by atoms with E-state index in [1.54, 1.807) is 13.8 Å². The van der Waals surface area contributed by atoms with Gasteiger partial charge in [0.25, 0.3) is 11.6 Å². The van der Waals surface area contributed by atoms with Gasteiger partial charge in [0.15, 0.2) is 0 Å². The van der Waals surface area contributed by atoms with Crippen LogP contribution in [0.25, 0.3) is 0 Å². The lowest BCUT2D eigenvalue weighted by Crippen LogP contribution is -2.45. The smallest absolute Gasteiger partial charge is 0.276 e. The van der Waals surface area contributed by atoms with Crippen LogP contribution in [0.2, 0.25) is 0 Å². The number of rotatable bonds is 5. The lowest BCUT2D eigenvalue weighted by atomic mass is 10.0. The van der Waals surface area contributed by atoms with Crippen molar-refractivity contribution in [3.63, 3.8) is 0 Å². The van der Waals surface area contributed by atoms with Crippen LogP contribution in [0.1, 0.15) is 20.3 Å². The van der Waals surface area contributed by atoms with Crippen LogP contribution in [0.4, 0.5) is 4.39 Å². The highest BCUT2D eigenvalue weighted by Crippen LogP contribution is 2.19. The van der Waals surface area contributed by atoms with Crippen molar-refractivity contribution in [2.24, 2.45) is 0 Å². The molecule has 0 rings (SSSR count). The Bertz CT molecular complexity index is 255. The Morgan fingerprint density at radius 2 is 2.14 bits per heavy atom. The lowest BCUT2D eigenvalue weighted by Gasteiger charge is -2.24. The Morgan fingerprint density at radius 1 is 1.64 bits per heavy atom. The van der Waals surface area contributed by atoms with Gasteiger partial charge >= 0.3 is 0 Å². The molecule has 0 fully saturated rings. The number of carbonyl (C=O) groups is 1. The van der Waals surface area contributed by atoms with E-state index in [-0.39, 0.29) is 6.42 Å². The van der Waals surface area contributed by atoms with E-state index < -0.39 is 11.6 Å². The summed E-state index contributed by atoms with van der Waals surface area (Å²) in [6.45, 7) is 7.62. The summed E-state index contributed by atoms with van der Waals surface area (Å²) in [5.41, 5.74) is -2.45. The molecule has 0 spiro atoms. The first kappa shape index (κ1) is 12.6. The zero-order chi connectivity index (χ0) is 11.2. The van der Waals surface area contributed by atoms with Crippen LogP contribution in [0.5, 0.6) is 0 Å². The molecule has 0 aromatic rings. The highest BCUT2D eigenvalue weighted by molar-refractivity contribution is 5.88. The van der Waals surface area contributed by atoms with E-state index in [4.69, 9.17) is 5.26 Å². The highest BCUT2D eigenvalue weighted by atomic mass is 19.1. The summed E-state index contributed by atoms with van der Waals surface area (Å²) in [6.07, 6.45) is 0.976. The number of hydrogen-bond acceptors (Lipinski definition) is 2. The molecule has 0 aliphatic rings. The molecule has 0 radical (unpaired) electrons. The Kier molecular flexibility index (Phi) is 4.85. The summed E-state index contributed by atoms with van der Waals surface area (Å²) in [6, 6.07) is 1.40. The van der Waals surface area contributed by atoms with Crippen molar-refractivity contribution in [2.75, 3.05) is 13.1 Å². The van der Waals surface area contributed by atoms with Crippen molar-refractivity contribution in [2.45, 2.75) is 25.9 Å². The van der Waals surface area contributed by atoms with Gasteiger partial charge in [0.2, 0.25) is 0 Å². The molecule has 0 saturated carbocycles. The normalized spacial score (nSPS) is 13.9. The predicted octanol–water partition coefficient (Wildman–Crippen LogP) is 1.66.